The van der Waals surface area contributed by atoms with E-state index in [0.717, 1.165) is 4.90 Å². The lowest BCUT2D eigenvalue weighted by atomic mass is 10.3. The largest absolute Gasteiger partial charge is 0.356 e. The molecule has 0 aromatic carbocycles. The van der Waals surface area contributed by atoms with Gasteiger partial charge in [-0.1, -0.05) is 13.8 Å². The Hall–Kier alpha value is -1.39. The van der Waals surface area contributed by atoms with Gasteiger partial charge >= 0.3 is 0 Å². The summed E-state index contributed by atoms with van der Waals surface area (Å²) in [5, 5.41) is 2.63. The van der Waals surface area contributed by atoms with Crippen molar-refractivity contribution in [2.45, 2.75) is 40.0 Å². The van der Waals surface area contributed by atoms with Gasteiger partial charge in [0.05, 0.1) is 0 Å². The van der Waals surface area contributed by atoms with Crippen LogP contribution in [0.4, 0.5) is 0 Å². The van der Waals surface area contributed by atoms with Crippen LogP contribution >= 0.6 is 0 Å². The quantitative estimate of drug-likeness (QED) is 0.727. The lowest BCUT2D eigenvalue weighted by Crippen LogP contribution is -2.39. The van der Waals surface area contributed by atoms with Crippen LogP contribution in [-0.4, -0.2) is 35.7 Å². The van der Waals surface area contributed by atoms with Crippen molar-refractivity contribution in [2.75, 3.05) is 13.1 Å². The van der Waals surface area contributed by atoms with Crippen molar-refractivity contribution in [3.63, 3.8) is 0 Å². The van der Waals surface area contributed by atoms with E-state index < -0.39 is 0 Å². The second kappa shape index (κ2) is 7.84. The fraction of sp³-hybridized carbons (Fsp3) is 0.727. The molecule has 0 spiro atoms. The Morgan fingerprint density at radius 3 is 1.88 bits per heavy atom. The van der Waals surface area contributed by atoms with Gasteiger partial charge in [-0.05, 0) is 6.92 Å². The third-order valence-electron chi connectivity index (χ3n) is 2.14. The summed E-state index contributed by atoms with van der Waals surface area (Å²) in [4.78, 5) is 35.3. The van der Waals surface area contributed by atoms with E-state index in [4.69, 9.17) is 0 Å². The molecule has 0 atom stereocenters. The predicted octanol–water partition coefficient (Wildman–Crippen LogP) is 0.688. The third kappa shape index (κ3) is 4.91. The monoisotopic (exact) mass is 228 g/mol. The number of nitrogens with zero attached hydrogens (tertiary/aromatic N) is 1. The molecule has 0 rings (SSSR count). The molecule has 0 aromatic heterocycles. The molecule has 0 heterocycles. The molecule has 0 aliphatic rings. The van der Waals surface area contributed by atoms with Gasteiger partial charge in [0.2, 0.25) is 17.7 Å². The van der Waals surface area contributed by atoms with Crippen LogP contribution in [-0.2, 0) is 14.4 Å². The van der Waals surface area contributed by atoms with Crippen molar-refractivity contribution in [1.29, 1.82) is 0 Å². The van der Waals surface area contributed by atoms with Crippen molar-refractivity contribution in [1.82, 2.24) is 10.2 Å². The van der Waals surface area contributed by atoms with E-state index in [9.17, 15) is 14.4 Å². The van der Waals surface area contributed by atoms with E-state index in [0.29, 0.717) is 6.54 Å². The van der Waals surface area contributed by atoms with E-state index in [-0.39, 0.29) is 43.5 Å². The molecule has 5 nitrogen and oxygen atoms in total. The second-order valence-electron chi connectivity index (χ2n) is 3.35. The van der Waals surface area contributed by atoms with E-state index in [1.54, 1.807) is 13.8 Å². The highest BCUT2D eigenvalue weighted by Gasteiger charge is 2.18. The lowest BCUT2D eigenvalue weighted by Gasteiger charge is -2.19. The van der Waals surface area contributed by atoms with Crippen molar-refractivity contribution in [2.24, 2.45) is 0 Å². The number of nitrogens with one attached hydrogen (secondary N) is 1. The zero-order chi connectivity index (χ0) is 12.6. The number of hydrogen-bond donors (Lipinski definition) is 1. The maximum atomic E-state index is 11.5. The SMILES string of the molecule is CCNC(=O)CCN(C(=O)CC)C(=O)CC. The van der Waals surface area contributed by atoms with E-state index in [1.165, 1.54) is 0 Å². The van der Waals surface area contributed by atoms with Crippen molar-refractivity contribution in [3.05, 3.63) is 0 Å². The molecule has 0 aliphatic carbocycles. The van der Waals surface area contributed by atoms with Crippen LogP contribution in [0.2, 0.25) is 0 Å². The summed E-state index contributed by atoms with van der Waals surface area (Å²) in [6.45, 7) is 5.95. The number of carbonyl (C=O) groups excluding carboxylic acids is 3. The molecule has 5 heteroatoms. The van der Waals surface area contributed by atoms with Crippen molar-refractivity contribution in [3.8, 4) is 0 Å². The molecule has 0 radical (unpaired) electrons. The zero-order valence-corrected chi connectivity index (χ0v) is 10.2. The van der Waals surface area contributed by atoms with E-state index in [2.05, 4.69) is 5.32 Å². The summed E-state index contributed by atoms with van der Waals surface area (Å²) >= 11 is 0. The number of hydrogen-bond acceptors (Lipinski definition) is 3. The Balaban J connectivity index is 4.28. The second-order valence-corrected chi connectivity index (χ2v) is 3.35. The van der Waals surface area contributed by atoms with Gasteiger partial charge in [-0.2, -0.15) is 0 Å². The van der Waals surface area contributed by atoms with Gasteiger partial charge in [0.1, 0.15) is 0 Å². The highest BCUT2D eigenvalue weighted by molar-refractivity contribution is 5.95. The molecule has 0 unspecified atom stereocenters. The van der Waals surface area contributed by atoms with Crippen molar-refractivity contribution < 1.29 is 14.4 Å². The first kappa shape index (κ1) is 14.6. The minimum atomic E-state index is -0.226. The molecule has 1 N–H and O–H groups in total. The minimum Gasteiger partial charge on any atom is -0.356 e. The molecule has 0 saturated heterocycles. The summed E-state index contributed by atoms with van der Waals surface area (Å²) < 4.78 is 0. The fourth-order valence-electron chi connectivity index (χ4n) is 1.27. The zero-order valence-electron chi connectivity index (χ0n) is 10.2. The molecule has 16 heavy (non-hydrogen) atoms. The molecule has 0 aliphatic heterocycles. The van der Waals surface area contributed by atoms with Crippen LogP contribution in [0.3, 0.4) is 0 Å². The molecule has 0 bridgehead atoms. The number of imide groups is 1. The van der Waals surface area contributed by atoms with Crippen LogP contribution in [0.25, 0.3) is 0 Å². The summed E-state index contributed by atoms with van der Waals surface area (Å²) in [6, 6.07) is 0. The molecule has 0 saturated carbocycles. The first-order valence-corrected chi connectivity index (χ1v) is 5.66. The maximum Gasteiger partial charge on any atom is 0.228 e. The minimum absolute atomic E-state index is 0.139. The Morgan fingerprint density at radius 2 is 1.50 bits per heavy atom. The van der Waals surface area contributed by atoms with Crippen LogP contribution < -0.4 is 5.32 Å². The third-order valence-corrected chi connectivity index (χ3v) is 2.14. The standard InChI is InChI=1S/C11H20N2O3/c1-4-10(15)13(11(16)5-2)8-7-9(14)12-6-3/h4-8H2,1-3H3,(H,12,14). The predicted molar refractivity (Wildman–Crippen MR) is 60.6 cm³/mol. The van der Waals surface area contributed by atoms with E-state index >= 15 is 0 Å². The first-order chi connectivity index (χ1) is 7.56. The normalized spacial score (nSPS) is 9.69. The maximum absolute atomic E-state index is 11.5. The Bertz CT molecular complexity index is 248. The average Bonchev–Trinajstić information content (AvgIpc) is 2.28. The lowest BCUT2D eigenvalue weighted by molar-refractivity contribution is -0.144. The van der Waals surface area contributed by atoms with E-state index in [1.807, 2.05) is 6.92 Å². The smallest absolute Gasteiger partial charge is 0.228 e. The highest BCUT2D eigenvalue weighted by atomic mass is 16.2. The molecular weight excluding hydrogens is 208 g/mol. The molecule has 3 amide bonds. The molecule has 0 fully saturated rings. The number of carbonyl (C=O) groups is 3. The molecular formula is C11H20N2O3. The van der Waals surface area contributed by atoms with Gasteiger partial charge in [0, 0.05) is 32.4 Å². The van der Waals surface area contributed by atoms with Gasteiger partial charge in [0.25, 0.3) is 0 Å². The topological polar surface area (TPSA) is 66.5 Å². The van der Waals surface area contributed by atoms with Crippen LogP contribution in [0.15, 0.2) is 0 Å². The Morgan fingerprint density at radius 1 is 1.00 bits per heavy atom. The highest BCUT2D eigenvalue weighted by Crippen LogP contribution is 2.00. The van der Waals surface area contributed by atoms with Crippen LogP contribution in [0.5, 0.6) is 0 Å². The van der Waals surface area contributed by atoms with Gasteiger partial charge in [-0.3, -0.25) is 19.3 Å². The van der Waals surface area contributed by atoms with Gasteiger partial charge in [-0.15, -0.1) is 0 Å². The van der Waals surface area contributed by atoms with Gasteiger partial charge in [0.15, 0.2) is 0 Å². The number of rotatable bonds is 6. The average molecular weight is 228 g/mol. The Labute approximate surface area is 96.2 Å². The number of amides is 3. The van der Waals surface area contributed by atoms with Gasteiger partial charge in [-0.25, -0.2) is 0 Å². The van der Waals surface area contributed by atoms with Crippen LogP contribution in [0, 0.1) is 0 Å². The molecule has 92 valence electrons. The summed E-state index contributed by atoms with van der Waals surface area (Å²) in [6.07, 6.45) is 0.730. The fourth-order valence-corrected chi connectivity index (χ4v) is 1.27. The summed E-state index contributed by atoms with van der Waals surface area (Å²) in [7, 11) is 0. The van der Waals surface area contributed by atoms with Crippen LogP contribution in [0.1, 0.15) is 40.0 Å². The van der Waals surface area contributed by atoms with Gasteiger partial charge < -0.3 is 5.32 Å². The first-order valence-electron chi connectivity index (χ1n) is 5.66. The Kier molecular flexibility index (Phi) is 7.16. The summed E-state index contributed by atoms with van der Waals surface area (Å²) in [5.74, 6) is -0.590. The molecule has 0 aromatic rings. The summed E-state index contributed by atoms with van der Waals surface area (Å²) in [5.41, 5.74) is 0. The van der Waals surface area contributed by atoms with Crippen molar-refractivity contribution >= 4 is 17.7 Å².